The highest BCUT2D eigenvalue weighted by Gasteiger charge is 2.47. The number of amides is 1. The van der Waals surface area contributed by atoms with E-state index in [-0.39, 0.29) is 5.91 Å². The van der Waals surface area contributed by atoms with Crippen LogP contribution >= 0.6 is 11.6 Å². The molecule has 2 rings (SSSR count). The second kappa shape index (κ2) is 4.35. The Bertz CT molecular complexity index is 242. The van der Waals surface area contributed by atoms with Crippen LogP contribution < -0.4 is 5.32 Å². The molecule has 2 nitrogen and oxygen atoms in total. The number of carbonyl (C=O) groups excluding carboxylic acids is 1. The van der Waals surface area contributed by atoms with Crippen LogP contribution in [0.25, 0.3) is 0 Å². The molecule has 14 heavy (non-hydrogen) atoms. The van der Waals surface area contributed by atoms with E-state index >= 15 is 0 Å². The van der Waals surface area contributed by atoms with Crippen LogP contribution in [0.2, 0.25) is 0 Å². The van der Waals surface area contributed by atoms with Crippen molar-refractivity contribution in [2.45, 2.75) is 19.3 Å². The summed E-state index contributed by atoms with van der Waals surface area (Å²) < 4.78 is 0. The zero-order valence-corrected chi connectivity index (χ0v) is 8.96. The molecule has 0 aliphatic heterocycles. The minimum absolute atomic E-state index is 0.233. The van der Waals surface area contributed by atoms with Crippen LogP contribution in [0.3, 0.4) is 0 Å². The number of allylic oxidation sites excluding steroid dienone is 1. The van der Waals surface area contributed by atoms with Crippen LogP contribution in [0.15, 0.2) is 12.2 Å². The Balaban J connectivity index is 1.66. The molecule has 2 fully saturated rings. The van der Waals surface area contributed by atoms with E-state index < -0.39 is 0 Å². The summed E-state index contributed by atoms with van der Waals surface area (Å²) >= 11 is 5.47. The van der Waals surface area contributed by atoms with Crippen molar-refractivity contribution in [2.75, 3.05) is 12.4 Å². The molecule has 0 aromatic rings. The fourth-order valence-electron chi connectivity index (χ4n) is 2.38. The summed E-state index contributed by atoms with van der Waals surface area (Å²) in [5.41, 5.74) is 0. The van der Waals surface area contributed by atoms with Gasteiger partial charge in [0, 0.05) is 18.3 Å². The molecule has 0 aromatic carbocycles. The second-order valence-corrected chi connectivity index (χ2v) is 4.60. The molecule has 78 valence electrons. The van der Waals surface area contributed by atoms with Gasteiger partial charge < -0.3 is 5.32 Å². The summed E-state index contributed by atoms with van der Waals surface area (Å²) in [7, 11) is 0. The molecule has 0 radical (unpaired) electrons. The summed E-state index contributed by atoms with van der Waals surface area (Å²) in [4.78, 5) is 11.6. The lowest BCUT2D eigenvalue weighted by Crippen LogP contribution is -2.30. The van der Waals surface area contributed by atoms with E-state index in [1.54, 1.807) is 0 Å². The van der Waals surface area contributed by atoms with Gasteiger partial charge in [-0.05, 0) is 31.1 Å². The summed E-state index contributed by atoms with van der Waals surface area (Å²) in [6.07, 6.45) is 7.37. The molecule has 1 amide bonds. The van der Waals surface area contributed by atoms with Gasteiger partial charge in [-0.15, -0.1) is 11.6 Å². The predicted octanol–water partition coefficient (Wildman–Crippen LogP) is 1.94. The van der Waals surface area contributed by atoms with Crippen molar-refractivity contribution in [1.29, 1.82) is 0 Å². The maximum absolute atomic E-state index is 11.6. The molecule has 0 saturated heterocycles. The van der Waals surface area contributed by atoms with Crippen LogP contribution in [-0.4, -0.2) is 18.3 Å². The number of alkyl halides is 1. The van der Waals surface area contributed by atoms with E-state index in [2.05, 4.69) is 5.32 Å². The van der Waals surface area contributed by atoms with E-state index in [1.807, 2.05) is 12.2 Å². The van der Waals surface area contributed by atoms with E-state index in [1.165, 1.54) is 6.42 Å². The van der Waals surface area contributed by atoms with E-state index in [9.17, 15) is 4.79 Å². The third-order valence-corrected chi connectivity index (χ3v) is 3.44. The second-order valence-electron chi connectivity index (χ2n) is 4.30. The highest BCUT2D eigenvalue weighted by molar-refractivity contribution is 6.18. The van der Waals surface area contributed by atoms with Crippen LogP contribution in [0, 0.1) is 17.8 Å². The van der Waals surface area contributed by atoms with E-state index in [0.29, 0.717) is 18.3 Å². The molecule has 0 spiro atoms. The molecule has 2 aliphatic rings. The lowest BCUT2D eigenvalue weighted by atomic mass is 10.0. The fraction of sp³-hybridized carbons (Fsp3) is 0.727. The molecule has 0 bridgehead atoms. The molecule has 2 aliphatic carbocycles. The molecule has 2 unspecified atom stereocenters. The predicted molar refractivity (Wildman–Crippen MR) is 57.2 cm³/mol. The molecular weight excluding hydrogens is 198 g/mol. The van der Waals surface area contributed by atoms with Crippen molar-refractivity contribution in [1.82, 2.24) is 5.32 Å². The van der Waals surface area contributed by atoms with Gasteiger partial charge in [0.2, 0.25) is 5.91 Å². The third kappa shape index (κ3) is 2.30. The Morgan fingerprint density at radius 1 is 1.29 bits per heavy atom. The maximum atomic E-state index is 11.6. The van der Waals surface area contributed by atoms with E-state index in [0.717, 1.165) is 24.7 Å². The monoisotopic (exact) mass is 213 g/mol. The smallest absolute Gasteiger partial charge is 0.223 e. The topological polar surface area (TPSA) is 29.1 Å². The van der Waals surface area contributed by atoms with Gasteiger partial charge in [-0.25, -0.2) is 0 Å². The summed E-state index contributed by atoms with van der Waals surface area (Å²) in [6.45, 7) is 0.622. The largest absolute Gasteiger partial charge is 0.352 e. The first-order chi connectivity index (χ1) is 6.81. The number of fused-ring (bicyclic) bond motifs is 1. The average molecular weight is 214 g/mol. The molecular formula is C11H16ClNO. The van der Waals surface area contributed by atoms with Gasteiger partial charge in [0.1, 0.15) is 0 Å². The lowest BCUT2D eigenvalue weighted by molar-refractivity contribution is -0.124. The Morgan fingerprint density at radius 3 is 2.64 bits per heavy atom. The van der Waals surface area contributed by atoms with Gasteiger partial charge in [0.15, 0.2) is 0 Å². The van der Waals surface area contributed by atoms with Gasteiger partial charge in [0.05, 0.1) is 0 Å². The SMILES string of the molecule is O=C(NC/C=C/CCl)C1CC2CC2C1. The van der Waals surface area contributed by atoms with Crippen molar-refractivity contribution in [3.8, 4) is 0 Å². The van der Waals surface area contributed by atoms with Crippen molar-refractivity contribution >= 4 is 17.5 Å². The first-order valence-electron chi connectivity index (χ1n) is 5.30. The highest BCUT2D eigenvalue weighted by Crippen LogP contribution is 2.54. The summed E-state index contributed by atoms with van der Waals surface area (Å²) in [5.74, 6) is 2.80. The first kappa shape index (κ1) is 10.0. The molecule has 0 aromatic heterocycles. The molecule has 0 heterocycles. The quantitative estimate of drug-likeness (QED) is 0.561. The van der Waals surface area contributed by atoms with Crippen LogP contribution in [-0.2, 0) is 4.79 Å². The first-order valence-corrected chi connectivity index (χ1v) is 5.83. The Labute approximate surface area is 89.7 Å². The van der Waals surface area contributed by atoms with Gasteiger partial charge in [-0.3, -0.25) is 4.79 Å². The molecule has 2 saturated carbocycles. The van der Waals surface area contributed by atoms with Gasteiger partial charge in [-0.1, -0.05) is 12.2 Å². The van der Waals surface area contributed by atoms with Crippen LogP contribution in [0.1, 0.15) is 19.3 Å². The van der Waals surface area contributed by atoms with Crippen molar-refractivity contribution in [3.05, 3.63) is 12.2 Å². The summed E-state index contributed by atoms with van der Waals surface area (Å²) in [5, 5.41) is 2.92. The Morgan fingerprint density at radius 2 is 2.00 bits per heavy atom. The van der Waals surface area contributed by atoms with Gasteiger partial charge in [0.25, 0.3) is 0 Å². The molecule has 3 heteroatoms. The highest BCUT2D eigenvalue weighted by atomic mass is 35.5. The van der Waals surface area contributed by atoms with Crippen molar-refractivity contribution < 1.29 is 4.79 Å². The molecule has 1 N–H and O–H groups in total. The van der Waals surface area contributed by atoms with Crippen molar-refractivity contribution in [3.63, 3.8) is 0 Å². The van der Waals surface area contributed by atoms with Crippen LogP contribution in [0.5, 0.6) is 0 Å². The number of halogens is 1. The van der Waals surface area contributed by atoms with Gasteiger partial charge >= 0.3 is 0 Å². The number of nitrogens with one attached hydrogen (secondary N) is 1. The Kier molecular flexibility index (Phi) is 3.12. The Hall–Kier alpha value is -0.500. The average Bonchev–Trinajstić information content (AvgIpc) is 2.80. The van der Waals surface area contributed by atoms with Crippen LogP contribution in [0.4, 0.5) is 0 Å². The number of rotatable bonds is 4. The normalized spacial score (nSPS) is 34.5. The molecule has 2 atom stereocenters. The zero-order valence-electron chi connectivity index (χ0n) is 8.21. The number of hydrogen-bond donors (Lipinski definition) is 1. The standard InChI is InChI=1S/C11H16ClNO/c12-3-1-2-4-13-11(14)10-6-8-5-9(8)7-10/h1-2,8-10H,3-7H2,(H,13,14)/b2-1+. The van der Waals surface area contributed by atoms with E-state index in [4.69, 9.17) is 11.6 Å². The summed E-state index contributed by atoms with van der Waals surface area (Å²) in [6, 6.07) is 0. The number of hydrogen-bond acceptors (Lipinski definition) is 1. The minimum atomic E-state index is 0.233. The fourth-order valence-corrected chi connectivity index (χ4v) is 2.51. The lowest BCUT2D eigenvalue weighted by Gasteiger charge is -2.10. The zero-order chi connectivity index (χ0) is 9.97. The number of carbonyl (C=O) groups is 1. The third-order valence-electron chi connectivity index (χ3n) is 3.26. The van der Waals surface area contributed by atoms with Gasteiger partial charge in [-0.2, -0.15) is 0 Å². The van der Waals surface area contributed by atoms with Crippen molar-refractivity contribution in [2.24, 2.45) is 17.8 Å². The minimum Gasteiger partial charge on any atom is -0.352 e. The maximum Gasteiger partial charge on any atom is 0.223 e.